The highest BCUT2D eigenvalue weighted by Gasteiger charge is 2.28. The molecule has 108 valence electrons. The largest absolute Gasteiger partial charge is 0.375 e. The molecule has 2 unspecified atom stereocenters. The van der Waals surface area contributed by atoms with Gasteiger partial charge in [0.25, 0.3) is 0 Å². The van der Waals surface area contributed by atoms with Crippen LogP contribution < -0.4 is 10.2 Å². The fraction of sp³-hybridized carbons (Fsp3) is 0.615. The third-order valence-corrected chi connectivity index (χ3v) is 3.72. The fourth-order valence-electron chi connectivity index (χ4n) is 2.59. The summed E-state index contributed by atoms with van der Waals surface area (Å²) in [7, 11) is 1.82. The van der Waals surface area contributed by atoms with Crippen LogP contribution in [-0.2, 0) is 4.74 Å². The third kappa shape index (κ3) is 2.18. The second-order valence-corrected chi connectivity index (χ2v) is 5.11. The van der Waals surface area contributed by atoms with Crippen molar-refractivity contribution in [1.82, 2.24) is 20.2 Å². The van der Waals surface area contributed by atoms with Gasteiger partial charge in [0, 0.05) is 13.6 Å². The highest BCUT2D eigenvalue weighted by Crippen LogP contribution is 2.28. The SMILES string of the molecule is CCC1COC(C)CN1c1nc(NC)nc2[nH]ncc12. The Morgan fingerprint density at radius 2 is 2.35 bits per heavy atom. The Bertz CT molecular complexity index is 598. The Labute approximate surface area is 117 Å². The van der Waals surface area contributed by atoms with Crippen molar-refractivity contribution in [2.75, 3.05) is 30.4 Å². The van der Waals surface area contributed by atoms with Crippen LogP contribution in [0.15, 0.2) is 6.20 Å². The Morgan fingerprint density at radius 3 is 3.10 bits per heavy atom. The van der Waals surface area contributed by atoms with Crippen molar-refractivity contribution in [2.24, 2.45) is 0 Å². The second kappa shape index (κ2) is 5.24. The van der Waals surface area contributed by atoms with Crippen molar-refractivity contribution in [3.05, 3.63) is 6.20 Å². The molecule has 1 saturated heterocycles. The molecule has 1 aliphatic rings. The number of H-pyrrole nitrogens is 1. The van der Waals surface area contributed by atoms with E-state index < -0.39 is 0 Å². The average Bonchev–Trinajstić information content (AvgIpc) is 2.94. The number of anilines is 2. The van der Waals surface area contributed by atoms with Gasteiger partial charge in [-0.05, 0) is 13.3 Å². The number of nitrogens with zero attached hydrogens (tertiary/aromatic N) is 4. The van der Waals surface area contributed by atoms with E-state index in [-0.39, 0.29) is 6.10 Å². The van der Waals surface area contributed by atoms with Crippen LogP contribution in [-0.4, -0.2) is 52.5 Å². The molecular weight excluding hydrogens is 256 g/mol. The standard InChI is InChI=1S/C13H20N6O/c1-4-9-7-20-8(2)6-19(9)12-10-5-15-18-11(10)16-13(14-3)17-12/h5,8-9H,4,6-7H2,1-3H3,(H2,14,15,16,17,18). The molecule has 2 aromatic heterocycles. The summed E-state index contributed by atoms with van der Waals surface area (Å²) in [5, 5.41) is 11.0. The molecule has 1 aliphatic heterocycles. The Hall–Kier alpha value is -1.89. The molecule has 3 rings (SSSR count). The van der Waals surface area contributed by atoms with Gasteiger partial charge in [-0.2, -0.15) is 15.1 Å². The van der Waals surface area contributed by atoms with Crippen molar-refractivity contribution in [3.8, 4) is 0 Å². The maximum absolute atomic E-state index is 5.76. The van der Waals surface area contributed by atoms with E-state index in [1.807, 2.05) is 7.05 Å². The van der Waals surface area contributed by atoms with Crippen LogP contribution in [0.3, 0.4) is 0 Å². The lowest BCUT2D eigenvalue weighted by Crippen LogP contribution is -2.49. The summed E-state index contributed by atoms with van der Waals surface area (Å²) in [6.07, 6.45) is 3.01. The van der Waals surface area contributed by atoms with Crippen molar-refractivity contribution in [3.63, 3.8) is 0 Å². The van der Waals surface area contributed by atoms with E-state index in [1.54, 1.807) is 6.20 Å². The minimum absolute atomic E-state index is 0.202. The van der Waals surface area contributed by atoms with Gasteiger partial charge < -0.3 is 15.0 Å². The molecule has 2 atom stereocenters. The van der Waals surface area contributed by atoms with Gasteiger partial charge >= 0.3 is 0 Å². The van der Waals surface area contributed by atoms with E-state index in [0.29, 0.717) is 12.0 Å². The molecule has 7 nitrogen and oxygen atoms in total. The van der Waals surface area contributed by atoms with Crippen LogP contribution >= 0.6 is 0 Å². The maximum atomic E-state index is 5.76. The van der Waals surface area contributed by atoms with Crippen molar-refractivity contribution < 1.29 is 4.74 Å². The van der Waals surface area contributed by atoms with E-state index in [1.165, 1.54) is 0 Å². The van der Waals surface area contributed by atoms with Crippen LogP contribution in [0.5, 0.6) is 0 Å². The number of aromatic amines is 1. The van der Waals surface area contributed by atoms with Gasteiger partial charge in [-0.15, -0.1) is 0 Å². The molecule has 1 fully saturated rings. The number of fused-ring (bicyclic) bond motifs is 1. The molecular formula is C13H20N6O. The molecule has 2 aromatic rings. The molecule has 0 aliphatic carbocycles. The number of ether oxygens (including phenoxy) is 1. The lowest BCUT2D eigenvalue weighted by atomic mass is 10.1. The molecule has 0 radical (unpaired) electrons. The molecule has 0 spiro atoms. The first-order valence-electron chi connectivity index (χ1n) is 7.00. The van der Waals surface area contributed by atoms with Crippen LogP contribution in [0.1, 0.15) is 20.3 Å². The Morgan fingerprint density at radius 1 is 1.50 bits per heavy atom. The topological polar surface area (TPSA) is 79.0 Å². The van der Waals surface area contributed by atoms with Crippen molar-refractivity contribution >= 4 is 22.8 Å². The molecule has 0 aromatic carbocycles. The van der Waals surface area contributed by atoms with Gasteiger partial charge in [-0.25, -0.2) is 0 Å². The maximum Gasteiger partial charge on any atom is 0.226 e. The van der Waals surface area contributed by atoms with Crippen molar-refractivity contribution in [2.45, 2.75) is 32.4 Å². The van der Waals surface area contributed by atoms with Crippen LogP contribution in [0.25, 0.3) is 11.0 Å². The predicted octanol–water partition coefficient (Wildman–Crippen LogP) is 1.40. The highest BCUT2D eigenvalue weighted by molar-refractivity contribution is 5.87. The summed E-state index contributed by atoms with van der Waals surface area (Å²) < 4.78 is 5.76. The first-order valence-corrected chi connectivity index (χ1v) is 7.00. The van der Waals surface area contributed by atoms with Gasteiger partial charge in [0.15, 0.2) is 5.65 Å². The van der Waals surface area contributed by atoms with Gasteiger partial charge in [0.2, 0.25) is 5.95 Å². The van der Waals surface area contributed by atoms with E-state index >= 15 is 0 Å². The number of aromatic nitrogens is 4. The van der Waals surface area contributed by atoms with Crippen LogP contribution in [0.4, 0.5) is 11.8 Å². The fourth-order valence-corrected chi connectivity index (χ4v) is 2.59. The van der Waals surface area contributed by atoms with Crippen molar-refractivity contribution in [1.29, 1.82) is 0 Å². The number of hydrogen-bond donors (Lipinski definition) is 2. The summed E-state index contributed by atoms with van der Waals surface area (Å²) in [4.78, 5) is 11.3. The first kappa shape index (κ1) is 13.1. The van der Waals surface area contributed by atoms with Gasteiger partial charge in [0.05, 0.1) is 30.3 Å². The summed E-state index contributed by atoms with van der Waals surface area (Å²) in [6, 6.07) is 0.337. The number of hydrogen-bond acceptors (Lipinski definition) is 6. The monoisotopic (exact) mass is 276 g/mol. The molecule has 20 heavy (non-hydrogen) atoms. The van der Waals surface area contributed by atoms with E-state index in [0.717, 1.165) is 36.4 Å². The minimum Gasteiger partial charge on any atom is -0.375 e. The minimum atomic E-state index is 0.202. The summed E-state index contributed by atoms with van der Waals surface area (Å²) in [5.74, 6) is 1.53. The lowest BCUT2D eigenvalue weighted by Gasteiger charge is -2.39. The Kier molecular flexibility index (Phi) is 3.43. The van der Waals surface area contributed by atoms with E-state index in [4.69, 9.17) is 4.74 Å². The zero-order valence-corrected chi connectivity index (χ0v) is 12.1. The highest BCUT2D eigenvalue weighted by atomic mass is 16.5. The second-order valence-electron chi connectivity index (χ2n) is 5.11. The molecule has 3 heterocycles. The normalized spacial score (nSPS) is 23.2. The first-order chi connectivity index (χ1) is 9.72. The Balaban J connectivity index is 2.08. The summed E-state index contributed by atoms with van der Waals surface area (Å²) >= 11 is 0. The van der Waals surface area contributed by atoms with Gasteiger partial charge in [-0.3, -0.25) is 5.10 Å². The molecule has 0 bridgehead atoms. The number of nitrogens with one attached hydrogen (secondary N) is 2. The predicted molar refractivity (Wildman–Crippen MR) is 78.1 cm³/mol. The summed E-state index contributed by atoms with van der Waals surface area (Å²) in [5.41, 5.74) is 0.758. The van der Waals surface area contributed by atoms with Crippen LogP contribution in [0, 0.1) is 0 Å². The number of rotatable bonds is 3. The van der Waals surface area contributed by atoms with Crippen LogP contribution in [0.2, 0.25) is 0 Å². The third-order valence-electron chi connectivity index (χ3n) is 3.72. The van der Waals surface area contributed by atoms with E-state index in [2.05, 4.69) is 44.2 Å². The molecule has 0 saturated carbocycles. The van der Waals surface area contributed by atoms with Gasteiger partial charge in [0.1, 0.15) is 5.82 Å². The van der Waals surface area contributed by atoms with E-state index in [9.17, 15) is 0 Å². The lowest BCUT2D eigenvalue weighted by molar-refractivity contribution is 0.0297. The number of morpholine rings is 1. The van der Waals surface area contributed by atoms with Gasteiger partial charge in [-0.1, -0.05) is 6.92 Å². The molecule has 7 heteroatoms. The zero-order valence-electron chi connectivity index (χ0n) is 12.1. The average molecular weight is 276 g/mol. The molecule has 2 N–H and O–H groups in total. The molecule has 0 amide bonds. The zero-order chi connectivity index (χ0) is 14.1. The quantitative estimate of drug-likeness (QED) is 0.882. The smallest absolute Gasteiger partial charge is 0.226 e. The summed E-state index contributed by atoms with van der Waals surface area (Å²) in [6.45, 7) is 5.82.